The summed E-state index contributed by atoms with van der Waals surface area (Å²) in [6, 6.07) is -0.712. The zero-order chi connectivity index (χ0) is 9.30. The summed E-state index contributed by atoms with van der Waals surface area (Å²) in [5.74, 6) is -0.686. The van der Waals surface area contributed by atoms with Crippen LogP contribution in [0.1, 0.15) is 13.3 Å². The van der Waals surface area contributed by atoms with E-state index in [9.17, 15) is 9.59 Å². The van der Waals surface area contributed by atoms with Crippen molar-refractivity contribution in [2.45, 2.75) is 25.5 Å². The van der Waals surface area contributed by atoms with Crippen LogP contribution in [0.2, 0.25) is 0 Å². The molecule has 68 valence electrons. The summed E-state index contributed by atoms with van der Waals surface area (Å²) in [4.78, 5) is 23.2. The summed E-state index contributed by atoms with van der Waals surface area (Å²) in [6.45, 7) is 1.57. The largest absolute Gasteiger partial charge is 0.392 e. The number of rotatable bonds is 2. The lowest BCUT2D eigenvalue weighted by molar-refractivity contribution is -0.140. The molecule has 0 spiro atoms. The second kappa shape index (κ2) is 3.20. The minimum absolute atomic E-state index is 0.0470. The third kappa shape index (κ3) is 1.62. The Morgan fingerprint density at radius 3 is 2.67 bits per heavy atom. The van der Waals surface area contributed by atoms with Crippen LogP contribution in [0.4, 0.5) is 0 Å². The molecule has 2 atom stereocenters. The molecular weight excluding hydrogens is 160 g/mol. The van der Waals surface area contributed by atoms with Crippen molar-refractivity contribution in [1.29, 1.82) is 0 Å². The van der Waals surface area contributed by atoms with Gasteiger partial charge in [0.2, 0.25) is 11.8 Å². The molecule has 0 aliphatic carbocycles. The average molecular weight is 172 g/mol. The predicted octanol–water partition coefficient (Wildman–Crippen LogP) is -1.55. The van der Waals surface area contributed by atoms with Crippen molar-refractivity contribution < 1.29 is 14.7 Å². The molecule has 1 unspecified atom stereocenters. The van der Waals surface area contributed by atoms with Crippen molar-refractivity contribution in [3.05, 3.63) is 0 Å². The molecule has 12 heavy (non-hydrogen) atoms. The average Bonchev–Trinajstić information content (AvgIpc) is 2.16. The molecule has 0 radical (unpaired) electrons. The van der Waals surface area contributed by atoms with Crippen LogP contribution in [0.25, 0.3) is 0 Å². The molecule has 1 fully saturated rings. The maximum absolute atomic E-state index is 11.1. The van der Waals surface area contributed by atoms with Crippen LogP contribution in [-0.2, 0) is 9.59 Å². The topological polar surface area (TPSA) is 83.6 Å². The van der Waals surface area contributed by atoms with Crippen LogP contribution in [0, 0.1) is 0 Å². The SMILES string of the molecule is CC(O)CN1C(=O)C[C@H](N)C1=O. The van der Waals surface area contributed by atoms with E-state index in [0.717, 1.165) is 4.90 Å². The summed E-state index contributed by atoms with van der Waals surface area (Å²) in [6.07, 6.45) is -0.630. The highest BCUT2D eigenvalue weighted by atomic mass is 16.3. The molecule has 1 aliphatic rings. The Kier molecular flexibility index (Phi) is 2.44. The Morgan fingerprint density at radius 2 is 2.33 bits per heavy atom. The highest BCUT2D eigenvalue weighted by Gasteiger charge is 2.36. The number of carbonyl (C=O) groups is 2. The number of likely N-dealkylation sites (tertiary alicyclic amines) is 1. The Labute approximate surface area is 70.1 Å². The van der Waals surface area contributed by atoms with E-state index < -0.39 is 12.1 Å². The standard InChI is InChI=1S/C7H12N2O3/c1-4(10)3-9-6(11)2-5(8)7(9)12/h4-5,10H,2-3,8H2,1H3/t4?,5-/m0/s1. The number of hydrogen-bond donors (Lipinski definition) is 2. The fraction of sp³-hybridized carbons (Fsp3) is 0.714. The van der Waals surface area contributed by atoms with Crippen LogP contribution in [-0.4, -0.2) is 40.5 Å². The van der Waals surface area contributed by atoms with Gasteiger partial charge in [-0.15, -0.1) is 0 Å². The molecule has 1 rings (SSSR count). The van der Waals surface area contributed by atoms with Gasteiger partial charge in [0.25, 0.3) is 0 Å². The van der Waals surface area contributed by atoms with Crippen LogP contribution in [0.3, 0.4) is 0 Å². The van der Waals surface area contributed by atoms with E-state index in [0.29, 0.717) is 0 Å². The number of β-amino-alcohol motifs (C(OH)–C–C–N with tert-alkyl or cyclic N) is 1. The second-order valence-corrected chi connectivity index (χ2v) is 3.00. The van der Waals surface area contributed by atoms with Gasteiger partial charge in [0.05, 0.1) is 25.1 Å². The zero-order valence-electron chi connectivity index (χ0n) is 6.86. The third-order valence-corrected chi connectivity index (χ3v) is 1.73. The Bertz CT molecular complexity index is 215. The van der Waals surface area contributed by atoms with Gasteiger partial charge in [0.1, 0.15) is 0 Å². The molecule has 1 saturated heterocycles. The number of aliphatic hydroxyl groups excluding tert-OH is 1. The van der Waals surface area contributed by atoms with Gasteiger partial charge in [-0.2, -0.15) is 0 Å². The molecule has 0 bridgehead atoms. The molecule has 3 N–H and O–H groups in total. The molecular formula is C7H12N2O3. The van der Waals surface area contributed by atoms with Gasteiger partial charge < -0.3 is 10.8 Å². The lowest BCUT2D eigenvalue weighted by atomic mass is 10.3. The first-order valence-corrected chi connectivity index (χ1v) is 3.80. The molecule has 1 aliphatic heterocycles. The van der Waals surface area contributed by atoms with Crippen molar-refractivity contribution >= 4 is 11.8 Å². The fourth-order valence-electron chi connectivity index (χ4n) is 1.16. The Morgan fingerprint density at radius 1 is 1.75 bits per heavy atom. The minimum atomic E-state index is -0.712. The van der Waals surface area contributed by atoms with Crippen molar-refractivity contribution in [3.8, 4) is 0 Å². The summed E-state index contributed by atoms with van der Waals surface area (Å²) in [7, 11) is 0. The van der Waals surface area contributed by atoms with E-state index >= 15 is 0 Å². The van der Waals surface area contributed by atoms with E-state index in [1.54, 1.807) is 0 Å². The number of carbonyl (C=O) groups excluding carboxylic acids is 2. The highest BCUT2D eigenvalue weighted by Crippen LogP contribution is 2.10. The number of nitrogens with two attached hydrogens (primary N) is 1. The molecule has 2 amide bonds. The van der Waals surface area contributed by atoms with E-state index in [-0.39, 0.29) is 24.8 Å². The van der Waals surface area contributed by atoms with Crippen LogP contribution in [0.15, 0.2) is 0 Å². The maximum Gasteiger partial charge on any atom is 0.246 e. The summed E-state index contributed by atoms with van der Waals surface area (Å²) < 4.78 is 0. The Hall–Kier alpha value is -0.940. The molecule has 0 saturated carbocycles. The predicted molar refractivity (Wildman–Crippen MR) is 41.0 cm³/mol. The van der Waals surface area contributed by atoms with Crippen LogP contribution in [0.5, 0.6) is 0 Å². The fourth-order valence-corrected chi connectivity index (χ4v) is 1.16. The van der Waals surface area contributed by atoms with Crippen LogP contribution >= 0.6 is 0 Å². The third-order valence-electron chi connectivity index (χ3n) is 1.73. The first-order valence-electron chi connectivity index (χ1n) is 3.80. The van der Waals surface area contributed by atoms with Gasteiger partial charge in [-0.1, -0.05) is 0 Å². The number of imide groups is 1. The smallest absolute Gasteiger partial charge is 0.246 e. The molecule has 5 heteroatoms. The summed E-state index contributed by atoms with van der Waals surface area (Å²) in [5, 5.41) is 8.95. The quantitative estimate of drug-likeness (QED) is 0.494. The molecule has 0 aromatic carbocycles. The second-order valence-electron chi connectivity index (χ2n) is 3.00. The minimum Gasteiger partial charge on any atom is -0.392 e. The molecule has 1 heterocycles. The molecule has 0 aromatic rings. The van der Waals surface area contributed by atoms with Gasteiger partial charge in [-0.05, 0) is 6.92 Å². The number of aliphatic hydroxyl groups is 1. The van der Waals surface area contributed by atoms with E-state index in [1.807, 2.05) is 0 Å². The maximum atomic E-state index is 11.1. The van der Waals surface area contributed by atoms with Gasteiger partial charge in [-0.3, -0.25) is 14.5 Å². The van der Waals surface area contributed by atoms with Gasteiger partial charge >= 0.3 is 0 Å². The summed E-state index contributed by atoms with van der Waals surface area (Å²) in [5.41, 5.74) is 5.34. The van der Waals surface area contributed by atoms with E-state index in [4.69, 9.17) is 10.8 Å². The van der Waals surface area contributed by atoms with Crippen molar-refractivity contribution in [2.24, 2.45) is 5.73 Å². The van der Waals surface area contributed by atoms with Gasteiger partial charge in [-0.25, -0.2) is 0 Å². The number of amides is 2. The lowest BCUT2D eigenvalue weighted by Gasteiger charge is -2.15. The number of hydrogen-bond acceptors (Lipinski definition) is 4. The lowest BCUT2D eigenvalue weighted by Crippen LogP contribution is -2.39. The number of nitrogens with zero attached hydrogens (tertiary/aromatic N) is 1. The van der Waals surface area contributed by atoms with Gasteiger partial charge in [0, 0.05) is 0 Å². The van der Waals surface area contributed by atoms with E-state index in [1.165, 1.54) is 6.92 Å². The first kappa shape index (κ1) is 9.15. The van der Waals surface area contributed by atoms with Crippen LogP contribution < -0.4 is 5.73 Å². The zero-order valence-corrected chi connectivity index (χ0v) is 6.86. The van der Waals surface area contributed by atoms with Crippen molar-refractivity contribution in [1.82, 2.24) is 4.90 Å². The molecule has 0 aromatic heterocycles. The van der Waals surface area contributed by atoms with Crippen molar-refractivity contribution in [3.63, 3.8) is 0 Å². The van der Waals surface area contributed by atoms with E-state index in [2.05, 4.69) is 0 Å². The Balaban J connectivity index is 2.64. The summed E-state index contributed by atoms with van der Waals surface area (Å²) >= 11 is 0. The van der Waals surface area contributed by atoms with Crippen molar-refractivity contribution in [2.75, 3.05) is 6.54 Å². The highest BCUT2D eigenvalue weighted by molar-refractivity contribution is 6.05. The monoisotopic (exact) mass is 172 g/mol. The molecule has 5 nitrogen and oxygen atoms in total. The first-order chi connectivity index (χ1) is 5.52. The normalized spacial score (nSPS) is 26.6. The van der Waals surface area contributed by atoms with Gasteiger partial charge in [0.15, 0.2) is 0 Å².